The van der Waals surface area contributed by atoms with E-state index in [4.69, 9.17) is 21.3 Å². The Kier molecular flexibility index (Phi) is 6.88. The molecule has 0 aliphatic heterocycles. The first-order valence-corrected chi connectivity index (χ1v) is 10.4. The van der Waals surface area contributed by atoms with Gasteiger partial charge < -0.3 is 9.64 Å². The van der Waals surface area contributed by atoms with Crippen molar-refractivity contribution in [2.75, 3.05) is 38.7 Å². The predicted octanol–water partition coefficient (Wildman–Crippen LogP) is 4.95. The molecule has 5 nitrogen and oxygen atoms in total. The first kappa shape index (κ1) is 20.6. The highest BCUT2D eigenvalue weighted by molar-refractivity contribution is 7.22. The molecule has 0 saturated carbocycles. The fourth-order valence-corrected chi connectivity index (χ4v) is 4.11. The molecule has 28 heavy (non-hydrogen) atoms. The minimum absolute atomic E-state index is 0.131. The summed E-state index contributed by atoms with van der Waals surface area (Å²) in [7, 11) is 4.04. The first-order valence-electron chi connectivity index (χ1n) is 9.24. The first-order chi connectivity index (χ1) is 13.5. The van der Waals surface area contributed by atoms with Crippen LogP contribution in [0.1, 0.15) is 23.7 Å². The minimum Gasteiger partial charge on any atom is -0.494 e. The second-order valence-electron chi connectivity index (χ2n) is 6.65. The zero-order valence-electron chi connectivity index (χ0n) is 16.3. The lowest BCUT2D eigenvalue weighted by atomic mass is 10.2. The topological polar surface area (TPSA) is 45.7 Å². The van der Waals surface area contributed by atoms with Gasteiger partial charge in [0.05, 0.1) is 27.4 Å². The van der Waals surface area contributed by atoms with Crippen LogP contribution in [-0.4, -0.2) is 49.6 Å². The van der Waals surface area contributed by atoms with Gasteiger partial charge in [-0.3, -0.25) is 9.69 Å². The Morgan fingerprint density at radius 3 is 2.68 bits per heavy atom. The van der Waals surface area contributed by atoms with Crippen LogP contribution in [0.5, 0.6) is 5.75 Å². The van der Waals surface area contributed by atoms with Gasteiger partial charge in [0.1, 0.15) is 5.75 Å². The molecule has 0 atom stereocenters. The fourth-order valence-electron chi connectivity index (χ4n) is 2.87. The number of hydrogen-bond donors (Lipinski definition) is 0. The molecular formula is C21H24ClN3O2S. The molecule has 1 aromatic heterocycles. The number of rotatable bonds is 8. The Morgan fingerprint density at radius 1 is 1.18 bits per heavy atom. The van der Waals surface area contributed by atoms with Gasteiger partial charge in [0.25, 0.3) is 5.91 Å². The van der Waals surface area contributed by atoms with E-state index in [-0.39, 0.29) is 5.91 Å². The molecule has 148 valence electrons. The van der Waals surface area contributed by atoms with E-state index >= 15 is 0 Å². The molecule has 0 aliphatic rings. The molecule has 0 aliphatic carbocycles. The van der Waals surface area contributed by atoms with E-state index in [1.807, 2.05) is 51.4 Å². The maximum absolute atomic E-state index is 13.3. The molecule has 2 aromatic carbocycles. The van der Waals surface area contributed by atoms with E-state index in [0.29, 0.717) is 28.9 Å². The summed E-state index contributed by atoms with van der Waals surface area (Å²) >= 11 is 7.77. The van der Waals surface area contributed by atoms with Crippen molar-refractivity contribution in [1.29, 1.82) is 0 Å². The van der Waals surface area contributed by atoms with Crippen LogP contribution in [0.25, 0.3) is 10.2 Å². The molecule has 0 unspecified atom stereocenters. The maximum atomic E-state index is 13.3. The number of fused-ring (bicyclic) bond motifs is 1. The summed E-state index contributed by atoms with van der Waals surface area (Å²) in [6, 6.07) is 12.9. The van der Waals surface area contributed by atoms with Crippen molar-refractivity contribution in [2.45, 2.75) is 13.3 Å². The summed E-state index contributed by atoms with van der Waals surface area (Å²) in [6.45, 7) is 4.02. The predicted molar refractivity (Wildman–Crippen MR) is 117 cm³/mol. The van der Waals surface area contributed by atoms with E-state index in [1.165, 1.54) is 11.3 Å². The molecule has 1 heterocycles. The largest absolute Gasteiger partial charge is 0.494 e. The molecule has 7 heteroatoms. The summed E-state index contributed by atoms with van der Waals surface area (Å²) in [5.74, 6) is 0.676. The smallest absolute Gasteiger partial charge is 0.261 e. The quantitative estimate of drug-likeness (QED) is 0.520. The number of benzene rings is 2. The second kappa shape index (κ2) is 9.37. The number of thiazole rings is 1. The lowest BCUT2D eigenvalue weighted by molar-refractivity contribution is 0.0986. The molecule has 3 rings (SSSR count). The van der Waals surface area contributed by atoms with Crippen molar-refractivity contribution in [3.8, 4) is 5.75 Å². The maximum Gasteiger partial charge on any atom is 0.261 e. The third kappa shape index (κ3) is 4.82. The standard InChI is InChI=1S/C21H24ClN3O2S/c1-4-27-15-10-11-18-19(14-15)28-21(23-18)25(13-7-12-24(2)3)20(26)16-8-5-6-9-17(16)22/h5-6,8-11,14H,4,7,12-13H2,1-3H3. The molecule has 1 amide bonds. The number of hydrogen-bond acceptors (Lipinski definition) is 5. The van der Waals surface area contributed by atoms with Crippen molar-refractivity contribution in [1.82, 2.24) is 9.88 Å². The van der Waals surface area contributed by atoms with Crippen LogP contribution in [0, 0.1) is 0 Å². The van der Waals surface area contributed by atoms with Crippen LogP contribution in [0.15, 0.2) is 42.5 Å². The van der Waals surface area contributed by atoms with Crippen molar-refractivity contribution in [2.24, 2.45) is 0 Å². The second-order valence-corrected chi connectivity index (χ2v) is 8.07. The Hall–Kier alpha value is -2.15. The number of anilines is 1. The van der Waals surface area contributed by atoms with Crippen molar-refractivity contribution in [3.63, 3.8) is 0 Å². The molecule has 0 saturated heterocycles. The SMILES string of the molecule is CCOc1ccc2nc(N(CCCN(C)C)C(=O)c3ccccc3Cl)sc2c1. The summed E-state index contributed by atoms with van der Waals surface area (Å²) in [5.41, 5.74) is 1.34. The molecule has 0 fully saturated rings. The number of ether oxygens (including phenoxy) is 1. The Morgan fingerprint density at radius 2 is 1.96 bits per heavy atom. The summed E-state index contributed by atoms with van der Waals surface area (Å²) in [6.07, 6.45) is 0.837. The summed E-state index contributed by atoms with van der Waals surface area (Å²) in [5, 5.41) is 1.12. The lowest BCUT2D eigenvalue weighted by Crippen LogP contribution is -2.33. The average molecular weight is 418 g/mol. The third-order valence-corrected chi connectivity index (χ3v) is 5.60. The zero-order chi connectivity index (χ0) is 20.1. The minimum atomic E-state index is -0.131. The van der Waals surface area contributed by atoms with E-state index in [1.54, 1.807) is 17.0 Å². The van der Waals surface area contributed by atoms with Crippen molar-refractivity contribution >= 4 is 44.2 Å². The Balaban J connectivity index is 1.94. The van der Waals surface area contributed by atoms with Gasteiger partial charge in [-0.1, -0.05) is 35.1 Å². The third-order valence-electron chi connectivity index (χ3n) is 4.23. The lowest BCUT2D eigenvalue weighted by Gasteiger charge is -2.21. The van der Waals surface area contributed by atoms with Crippen LogP contribution >= 0.6 is 22.9 Å². The average Bonchev–Trinajstić information content (AvgIpc) is 3.08. The van der Waals surface area contributed by atoms with Gasteiger partial charge in [-0.25, -0.2) is 4.98 Å². The van der Waals surface area contributed by atoms with Crippen LogP contribution in [0.3, 0.4) is 0 Å². The number of carbonyl (C=O) groups excluding carboxylic acids is 1. The molecule has 0 radical (unpaired) electrons. The highest BCUT2D eigenvalue weighted by Gasteiger charge is 2.23. The zero-order valence-corrected chi connectivity index (χ0v) is 17.9. The van der Waals surface area contributed by atoms with E-state index in [0.717, 1.165) is 28.9 Å². The molecule has 3 aromatic rings. The summed E-state index contributed by atoms with van der Waals surface area (Å²) < 4.78 is 6.57. The fraction of sp³-hybridized carbons (Fsp3) is 0.333. The number of aromatic nitrogens is 1. The van der Waals surface area contributed by atoms with E-state index < -0.39 is 0 Å². The van der Waals surface area contributed by atoms with Gasteiger partial charge in [-0.15, -0.1) is 0 Å². The van der Waals surface area contributed by atoms with Crippen molar-refractivity contribution < 1.29 is 9.53 Å². The molecular weight excluding hydrogens is 394 g/mol. The van der Waals surface area contributed by atoms with Crippen LogP contribution < -0.4 is 9.64 Å². The van der Waals surface area contributed by atoms with Crippen LogP contribution in [0.2, 0.25) is 5.02 Å². The normalized spacial score (nSPS) is 11.2. The van der Waals surface area contributed by atoms with Crippen LogP contribution in [0.4, 0.5) is 5.13 Å². The molecule has 0 spiro atoms. The molecule has 0 N–H and O–H groups in total. The Labute approximate surface area is 174 Å². The van der Waals surface area contributed by atoms with E-state index in [2.05, 4.69) is 4.90 Å². The summed E-state index contributed by atoms with van der Waals surface area (Å²) in [4.78, 5) is 21.8. The number of carbonyl (C=O) groups is 1. The monoisotopic (exact) mass is 417 g/mol. The van der Waals surface area contributed by atoms with Crippen molar-refractivity contribution in [3.05, 3.63) is 53.1 Å². The van der Waals surface area contributed by atoms with E-state index in [9.17, 15) is 4.79 Å². The van der Waals surface area contributed by atoms with Gasteiger partial charge in [-0.2, -0.15) is 0 Å². The highest BCUT2D eigenvalue weighted by Crippen LogP contribution is 2.33. The van der Waals surface area contributed by atoms with Gasteiger partial charge in [0.2, 0.25) is 0 Å². The molecule has 0 bridgehead atoms. The van der Waals surface area contributed by atoms with Gasteiger partial charge in [-0.05, 0) is 64.3 Å². The van der Waals surface area contributed by atoms with Gasteiger partial charge in [0, 0.05) is 6.54 Å². The number of halogens is 1. The van der Waals surface area contributed by atoms with Gasteiger partial charge >= 0.3 is 0 Å². The van der Waals surface area contributed by atoms with Gasteiger partial charge in [0.15, 0.2) is 5.13 Å². The number of nitrogens with zero attached hydrogens (tertiary/aromatic N) is 3. The highest BCUT2D eigenvalue weighted by atomic mass is 35.5. The van der Waals surface area contributed by atoms with Crippen LogP contribution in [-0.2, 0) is 0 Å². The number of amides is 1. The Bertz CT molecular complexity index is 958.